The van der Waals surface area contributed by atoms with E-state index in [0.29, 0.717) is 45.5 Å². The van der Waals surface area contributed by atoms with E-state index in [2.05, 4.69) is 27.8 Å². The molecule has 0 unspecified atom stereocenters. The van der Waals surface area contributed by atoms with Gasteiger partial charge >= 0.3 is 0 Å². The van der Waals surface area contributed by atoms with Crippen molar-refractivity contribution in [2.75, 3.05) is 18.5 Å². The van der Waals surface area contributed by atoms with Crippen molar-refractivity contribution in [1.29, 1.82) is 5.26 Å². The minimum atomic E-state index is -0.533. The molecule has 0 atom stereocenters. The Labute approximate surface area is 183 Å². The molecule has 0 aliphatic rings. The molecule has 1 N–H and O–H groups in total. The number of carbonyl (C=O) groups is 1. The Hall–Kier alpha value is -2.75. The average Bonchev–Trinajstić information content (AvgIpc) is 2.69. The second kappa shape index (κ2) is 10.7. The molecular formula is C22H20BrClN2O3. The maximum Gasteiger partial charge on any atom is 0.266 e. The van der Waals surface area contributed by atoms with Crippen LogP contribution in [0.25, 0.3) is 6.08 Å². The molecule has 0 heterocycles. The van der Waals surface area contributed by atoms with Crippen LogP contribution in [0.2, 0.25) is 5.02 Å². The van der Waals surface area contributed by atoms with Gasteiger partial charge in [0, 0.05) is 15.2 Å². The van der Waals surface area contributed by atoms with Gasteiger partial charge in [0.15, 0.2) is 11.5 Å². The molecule has 0 aliphatic carbocycles. The summed E-state index contributed by atoms with van der Waals surface area (Å²) in [6.07, 6.45) is 3.12. The number of carbonyl (C=O) groups excluding carboxylic acids is 1. The van der Waals surface area contributed by atoms with Gasteiger partial charge in [-0.3, -0.25) is 4.79 Å². The van der Waals surface area contributed by atoms with Gasteiger partial charge in [0.25, 0.3) is 5.91 Å². The molecule has 2 aromatic rings. The molecule has 0 saturated heterocycles. The van der Waals surface area contributed by atoms with Gasteiger partial charge in [0.2, 0.25) is 0 Å². The van der Waals surface area contributed by atoms with Crippen molar-refractivity contribution in [2.24, 2.45) is 0 Å². The first kappa shape index (κ1) is 22.5. The lowest BCUT2D eigenvalue weighted by Crippen LogP contribution is -2.14. The molecule has 1 amide bonds. The van der Waals surface area contributed by atoms with Gasteiger partial charge in [-0.2, -0.15) is 5.26 Å². The molecule has 5 nitrogen and oxygen atoms in total. The molecule has 7 heteroatoms. The molecule has 0 fully saturated rings. The van der Waals surface area contributed by atoms with Crippen LogP contribution in [0, 0.1) is 18.3 Å². The fourth-order valence-corrected chi connectivity index (χ4v) is 3.02. The monoisotopic (exact) mass is 474 g/mol. The Balaban J connectivity index is 2.37. The highest BCUT2D eigenvalue weighted by Crippen LogP contribution is 2.35. The maximum absolute atomic E-state index is 12.6. The SMILES string of the molecule is C=CCOc1cc(Br)c(/C=C(\C#N)C(=O)Nc2cc(Cl)ccc2C)cc1OCC. The second-order valence-electron chi connectivity index (χ2n) is 5.94. The highest BCUT2D eigenvalue weighted by atomic mass is 79.9. The summed E-state index contributed by atoms with van der Waals surface area (Å²) in [6.45, 7) is 8.10. The summed E-state index contributed by atoms with van der Waals surface area (Å²) >= 11 is 9.45. The van der Waals surface area contributed by atoms with E-state index in [0.717, 1.165) is 5.56 Å². The van der Waals surface area contributed by atoms with Crippen LogP contribution < -0.4 is 14.8 Å². The molecule has 0 aromatic heterocycles. The Bertz CT molecular complexity index is 996. The quantitative estimate of drug-likeness (QED) is 0.292. The summed E-state index contributed by atoms with van der Waals surface area (Å²) < 4.78 is 11.9. The molecule has 2 aromatic carbocycles. The van der Waals surface area contributed by atoms with Crippen molar-refractivity contribution in [2.45, 2.75) is 13.8 Å². The summed E-state index contributed by atoms with van der Waals surface area (Å²) in [6, 6.07) is 10.5. The number of ether oxygens (including phenoxy) is 2. The van der Waals surface area contributed by atoms with Crippen molar-refractivity contribution in [3.63, 3.8) is 0 Å². The number of aryl methyl sites for hydroxylation is 1. The van der Waals surface area contributed by atoms with Crippen molar-refractivity contribution >= 4 is 45.2 Å². The van der Waals surface area contributed by atoms with Gasteiger partial charge in [-0.25, -0.2) is 0 Å². The summed E-state index contributed by atoms with van der Waals surface area (Å²) in [5, 5.41) is 12.7. The first-order valence-corrected chi connectivity index (χ1v) is 9.96. The number of halogens is 2. The number of rotatable bonds is 8. The maximum atomic E-state index is 12.6. The number of nitrogens with one attached hydrogen (secondary N) is 1. The van der Waals surface area contributed by atoms with Gasteiger partial charge in [-0.15, -0.1) is 0 Å². The predicted molar refractivity (Wildman–Crippen MR) is 119 cm³/mol. The number of anilines is 1. The van der Waals surface area contributed by atoms with Crippen LogP contribution >= 0.6 is 27.5 Å². The summed E-state index contributed by atoms with van der Waals surface area (Å²) in [5.74, 6) is 0.509. The first-order valence-electron chi connectivity index (χ1n) is 8.78. The number of hydrogen-bond donors (Lipinski definition) is 1. The van der Waals surface area contributed by atoms with Crippen LogP contribution in [0.4, 0.5) is 5.69 Å². The fraction of sp³-hybridized carbons (Fsp3) is 0.182. The third-order valence-electron chi connectivity index (χ3n) is 3.83. The third kappa shape index (κ3) is 6.11. The number of nitriles is 1. The smallest absolute Gasteiger partial charge is 0.266 e. The zero-order valence-electron chi connectivity index (χ0n) is 16.1. The number of amides is 1. The summed E-state index contributed by atoms with van der Waals surface area (Å²) in [7, 11) is 0. The van der Waals surface area contributed by atoms with Crippen LogP contribution in [0.5, 0.6) is 11.5 Å². The molecule has 0 aliphatic heterocycles. The fourth-order valence-electron chi connectivity index (χ4n) is 2.41. The Kier molecular flexibility index (Phi) is 8.32. The number of hydrogen-bond acceptors (Lipinski definition) is 4. The van der Waals surface area contributed by atoms with Crippen molar-refractivity contribution < 1.29 is 14.3 Å². The van der Waals surface area contributed by atoms with Crippen LogP contribution in [0.15, 0.2) is 53.0 Å². The average molecular weight is 476 g/mol. The summed E-state index contributed by atoms with van der Waals surface area (Å²) in [5.41, 5.74) is 1.93. The van der Waals surface area contributed by atoms with E-state index in [4.69, 9.17) is 21.1 Å². The topological polar surface area (TPSA) is 71.3 Å². The van der Waals surface area contributed by atoms with E-state index >= 15 is 0 Å². The molecule has 29 heavy (non-hydrogen) atoms. The highest BCUT2D eigenvalue weighted by Gasteiger charge is 2.15. The minimum Gasteiger partial charge on any atom is -0.490 e. The number of nitrogens with zero attached hydrogens (tertiary/aromatic N) is 1. The number of benzene rings is 2. The van der Waals surface area contributed by atoms with E-state index < -0.39 is 5.91 Å². The van der Waals surface area contributed by atoms with Gasteiger partial charge in [-0.1, -0.05) is 46.3 Å². The normalized spacial score (nSPS) is 10.8. The van der Waals surface area contributed by atoms with E-state index in [1.54, 1.807) is 36.4 Å². The minimum absolute atomic E-state index is 0.0627. The Morgan fingerprint density at radius 1 is 1.31 bits per heavy atom. The zero-order chi connectivity index (χ0) is 21.4. The van der Waals surface area contributed by atoms with Crippen LogP contribution in [0.3, 0.4) is 0 Å². The lowest BCUT2D eigenvalue weighted by molar-refractivity contribution is -0.112. The molecule has 0 saturated carbocycles. The second-order valence-corrected chi connectivity index (χ2v) is 7.23. The molecular weight excluding hydrogens is 456 g/mol. The Morgan fingerprint density at radius 3 is 2.69 bits per heavy atom. The van der Waals surface area contributed by atoms with E-state index in [1.807, 2.05) is 19.9 Å². The van der Waals surface area contributed by atoms with Crippen LogP contribution in [-0.2, 0) is 4.79 Å². The van der Waals surface area contributed by atoms with Gasteiger partial charge in [0.1, 0.15) is 18.2 Å². The standard InChI is InChI=1S/C22H20BrClN2O3/c1-4-8-29-21-12-18(23)15(10-20(21)28-5-2)9-16(13-25)22(27)26-19-11-17(24)7-6-14(19)3/h4,6-7,9-12H,1,5,8H2,2-3H3,(H,26,27)/b16-9+. The van der Waals surface area contributed by atoms with Crippen molar-refractivity contribution in [3.8, 4) is 17.6 Å². The van der Waals surface area contributed by atoms with Crippen molar-refractivity contribution in [1.82, 2.24) is 0 Å². The van der Waals surface area contributed by atoms with Gasteiger partial charge in [-0.05, 0) is 55.3 Å². The van der Waals surface area contributed by atoms with E-state index in [9.17, 15) is 10.1 Å². The van der Waals surface area contributed by atoms with Gasteiger partial charge in [0.05, 0.1) is 6.61 Å². The summed E-state index contributed by atoms with van der Waals surface area (Å²) in [4.78, 5) is 12.6. The molecule has 0 radical (unpaired) electrons. The van der Waals surface area contributed by atoms with Gasteiger partial charge < -0.3 is 14.8 Å². The van der Waals surface area contributed by atoms with Crippen LogP contribution in [-0.4, -0.2) is 19.1 Å². The lowest BCUT2D eigenvalue weighted by atomic mass is 10.1. The predicted octanol–water partition coefficient (Wildman–Crippen LogP) is 5.92. The zero-order valence-corrected chi connectivity index (χ0v) is 18.4. The van der Waals surface area contributed by atoms with E-state index in [-0.39, 0.29) is 5.57 Å². The molecule has 0 spiro atoms. The molecule has 0 bridgehead atoms. The Morgan fingerprint density at radius 2 is 2.03 bits per heavy atom. The first-order chi connectivity index (χ1) is 13.9. The van der Waals surface area contributed by atoms with Crippen molar-refractivity contribution in [3.05, 3.63) is 69.2 Å². The molecule has 150 valence electrons. The van der Waals surface area contributed by atoms with Crippen LogP contribution in [0.1, 0.15) is 18.1 Å². The third-order valence-corrected chi connectivity index (χ3v) is 4.75. The van der Waals surface area contributed by atoms with E-state index in [1.165, 1.54) is 6.08 Å². The molecule has 2 rings (SSSR count). The largest absolute Gasteiger partial charge is 0.490 e. The lowest BCUT2D eigenvalue weighted by Gasteiger charge is -2.13. The highest BCUT2D eigenvalue weighted by molar-refractivity contribution is 9.10.